The van der Waals surface area contributed by atoms with Crippen molar-refractivity contribution < 1.29 is 23.9 Å². The molecule has 168 valence electrons. The number of esters is 1. The van der Waals surface area contributed by atoms with Gasteiger partial charge in [0.05, 0.1) is 12.2 Å². The Morgan fingerprint density at radius 2 is 1.72 bits per heavy atom. The molecule has 2 aromatic rings. The minimum atomic E-state index is -1.18. The van der Waals surface area contributed by atoms with E-state index in [2.05, 4.69) is 10.6 Å². The third kappa shape index (κ3) is 4.80. The number of carbonyl (C=O) groups is 4. The highest BCUT2D eigenvalue weighted by Crippen LogP contribution is 2.32. The van der Waals surface area contributed by atoms with Gasteiger partial charge in [0.2, 0.25) is 5.91 Å². The number of nitrogens with zero attached hydrogens (tertiary/aromatic N) is 1. The van der Waals surface area contributed by atoms with Gasteiger partial charge in [0.15, 0.2) is 0 Å². The van der Waals surface area contributed by atoms with Crippen LogP contribution in [0.3, 0.4) is 0 Å². The average Bonchev–Trinajstić information content (AvgIpc) is 3.05. The van der Waals surface area contributed by atoms with Gasteiger partial charge in [-0.05, 0) is 42.7 Å². The molecule has 4 amide bonds. The van der Waals surface area contributed by atoms with Crippen LogP contribution < -0.4 is 10.6 Å². The minimum absolute atomic E-state index is 0.357. The lowest BCUT2D eigenvalue weighted by molar-refractivity contribution is -0.134. The number of benzene rings is 2. The summed E-state index contributed by atoms with van der Waals surface area (Å²) in [7, 11) is 0. The van der Waals surface area contributed by atoms with Gasteiger partial charge in [-0.2, -0.15) is 0 Å². The quantitative estimate of drug-likeness (QED) is 0.355. The van der Waals surface area contributed by atoms with E-state index in [9.17, 15) is 19.2 Å². The number of carbonyl (C=O) groups excluding carboxylic acids is 4. The number of hydrogen-bond donors (Lipinski definition) is 2. The van der Waals surface area contributed by atoms with Crippen LogP contribution in [0.5, 0.6) is 0 Å². The number of nitrogens with one attached hydrogen (secondary N) is 2. The SMILES string of the molecule is CCCCOC(=O)c1ccc(NC(=O)CN2C(=O)NC(CC)(c3ccccc3)C2=O)cc1. The fourth-order valence-corrected chi connectivity index (χ4v) is 3.56. The Morgan fingerprint density at radius 3 is 2.34 bits per heavy atom. The summed E-state index contributed by atoms with van der Waals surface area (Å²) in [5.41, 5.74) is 0.309. The summed E-state index contributed by atoms with van der Waals surface area (Å²) in [5, 5.41) is 5.40. The predicted octanol–water partition coefficient (Wildman–Crippen LogP) is 3.44. The molecule has 1 unspecified atom stereocenters. The van der Waals surface area contributed by atoms with Crippen molar-refractivity contribution in [2.75, 3.05) is 18.5 Å². The van der Waals surface area contributed by atoms with E-state index in [1.54, 1.807) is 48.5 Å². The highest BCUT2D eigenvalue weighted by atomic mass is 16.5. The summed E-state index contributed by atoms with van der Waals surface area (Å²) in [6, 6.07) is 14.6. The Hall–Kier alpha value is -3.68. The highest BCUT2D eigenvalue weighted by molar-refractivity contribution is 6.10. The van der Waals surface area contributed by atoms with Crippen LogP contribution in [-0.2, 0) is 19.9 Å². The lowest BCUT2D eigenvalue weighted by Crippen LogP contribution is -2.44. The van der Waals surface area contributed by atoms with Crippen LogP contribution in [0.4, 0.5) is 10.5 Å². The number of urea groups is 1. The summed E-state index contributed by atoms with van der Waals surface area (Å²) in [6.07, 6.45) is 2.09. The number of hydrogen-bond acceptors (Lipinski definition) is 5. The molecule has 1 aliphatic heterocycles. The number of rotatable bonds is 9. The van der Waals surface area contributed by atoms with Crippen molar-refractivity contribution in [1.82, 2.24) is 10.2 Å². The minimum Gasteiger partial charge on any atom is -0.462 e. The second-order valence-electron chi connectivity index (χ2n) is 7.56. The van der Waals surface area contributed by atoms with Crippen molar-refractivity contribution in [3.05, 3.63) is 65.7 Å². The number of imide groups is 1. The molecule has 0 spiro atoms. The Bertz CT molecular complexity index is 990. The van der Waals surface area contributed by atoms with Crippen LogP contribution in [0.25, 0.3) is 0 Å². The van der Waals surface area contributed by atoms with Gasteiger partial charge in [-0.1, -0.05) is 50.6 Å². The lowest BCUT2D eigenvalue weighted by atomic mass is 9.87. The summed E-state index contributed by atoms with van der Waals surface area (Å²) < 4.78 is 5.15. The molecule has 1 atom stereocenters. The normalized spacial score (nSPS) is 17.8. The van der Waals surface area contributed by atoms with Gasteiger partial charge in [0.25, 0.3) is 5.91 Å². The van der Waals surface area contributed by atoms with Crippen LogP contribution in [0.1, 0.15) is 49.0 Å². The zero-order chi connectivity index (χ0) is 23.1. The molecule has 0 saturated carbocycles. The van der Waals surface area contributed by atoms with Crippen LogP contribution in [-0.4, -0.2) is 41.9 Å². The van der Waals surface area contributed by atoms with Crippen molar-refractivity contribution >= 4 is 29.5 Å². The molecule has 3 rings (SSSR count). The largest absolute Gasteiger partial charge is 0.462 e. The summed E-state index contributed by atoms with van der Waals surface area (Å²) in [4.78, 5) is 51.0. The molecule has 1 heterocycles. The van der Waals surface area contributed by atoms with E-state index >= 15 is 0 Å². The molecule has 2 aromatic carbocycles. The van der Waals surface area contributed by atoms with Gasteiger partial charge >= 0.3 is 12.0 Å². The maximum Gasteiger partial charge on any atom is 0.338 e. The first kappa shape index (κ1) is 23.0. The third-order valence-corrected chi connectivity index (χ3v) is 5.41. The first-order valence-corrected chi connectivity index (χ1v) is 10.7. The van der Waals surface area contributed by atoms with Crippen LogP contribution in [0.2, 0.25) is 0 Å². The monoisotopic (exact) mass is 437 g/mol. The zero-order valence-corrected chi connectivity index (χ0v) is 18.2. The molecule has 2 N–H and O–H groups in total. The van der Waals surface area contributed by atoms with Crippen LogP contribution in [0, 0.1) is 0 Å². The Morgan fingerprint density at radius 1 is 1.03 bits per heavy atom. The standard InChI is InChI=1S/C24H27N3O5/c1-3-5-15-32-21(29)17-11-13-19(14-12-17)25-20(28)16-27-22(30)24(4-2,26-23(27)31)18-9-7-6-8-10-18/h6-14H,3-5,15-16H2,1-2H3,(H,25,28)(H,26,31). The topological polar surface area (TPSA) is 105 Å². The molecular weight excluding hydrogens is 410 g/mol. The Balaban J connectivity index is 1.63. The maximum atomic E-state index is 13.1. The van der Waals surface area contributed by atoms with Gasteiger partial charge in [-0.3, -0.25) is 14.5 Å². The van der Waals surface area contributed by atoms with E-state index in [1.807, 2.05) is 19.9 Å². The fraction of sp³-hybridized carbons (Fsp3) is 0.333. The molecule has 0 aromatic heterocycles. The molecule has 0 radical (unpaired) electrons. The fourth-order valence-electron chi connectivity index (χ4n) is 3.56. The number of unbranched alkanes of at least 4 members (excludes halogenated alkanes) is 1. The van der Waals surface area contributed by atoms with Gasteiger partial charge in [-0.25, -0.2) is 9.59 Å². The van der Waals surface area contributed by atoms with Crippen molar-refractivity contribution in [3.63, 3.8) is 0 Å². The third-order valence-electron chi connectivity index (χ3n) is 5.41. The van der Waals surface area contributed by atoms with E-state index in [0.717, 1.165) is 17.7 Å². The molecule has 32 heavy (non-hydrogen) atoms. The molecule has 8 heteroatoms. The molecule has 0 aliphatic carbocycles. The second kappa shape index (κ2) is 10.1. The first-order valence-electron chi connectivity index (χ1n) is 10.7. The van der Waals surface area contributed by atoms with Crippen molar-refractivity contribution in [3.8, 4) is 0 Å². The second-order valence-corrected chi connectivity index (χ2v) is 7.56. The molecule has 1 fully saturated rings. The zero-order valence-electron chi connectivity index (χ0n) is 18.2. The van der Waals surface area contributed by atoms with Gasteiger partial charge in [-0.15, -0.1) is 0 Å². The van der Waals surface area contributed by atoms with Crippen molar-refractivity contribution in [1.29, 1.82) is 0 Å². The molecule has 1 saturated heterocycles. The summed E-state index contributed by atoms with van der Waals surface area (Å²) in [5.74, 6) is -1.41. The van der Waals surface area contributed by atoms with Crippen LogP contribution >= 0.6 is 0 Å². The average molecular weight is 437 g/mol. The summed E-state index contributed by atoms with van der Waals surface area (Å²) in [6.45, 7) is 3.76. The van der Waals surface area contributed by atoms with Gasteiger partial charge in [0, 0.05) is 5.69 Å². The molecule has 8 nitrogen and oxygen atoms in total. The number of ether oxygens (including phenoxy) is 1. The van der Waals surface area contributed by atoms with E-state index in [-0.39, 0.29) is 0 Å². The molecule has 0 bridgehead atoms. The lowest BCUT2D eigenvalue weighted by Gasteiger charge is -2.25. The molecule has 1 aliphatic rings. The van der Waals surface area contributed by atoms with E-state index in [1.165, 1.54) is 0 Å². The van der Waals surface area contributed by atoms with Crippen molar-refractivity contribution in [2.24, 2.45) is 0 Å². The van der Waals surface area contributed by atoms with Gasteiger partial charge < -0.3 is 15.4 Å². The van der Waals surface area contributed by atoms with E-state index in [4.69, 9.17) is 4.74 Å². The van der Waals surface area contributed by atoms with Gasteiger partial charge in [0.1, 0.15) is 12.1 Å². The molecular formula is C24H27N3O5. The van der Waals surface area contributed by atoms with E-state index in [0.29, 0.717) is 29.8 Å². The Labute approximate surface area is 186 Å². The summed E-state index contributed by atoms with van der Waals surface area (Å²) >= 11 is 0. The van der Waals surface area contributed by atoms with Crippen molar-refractivity contribution in [2.45, 2.75) is 38.6 Å². The highest BCUT2D eigenvalue weighted by Gasteiger charge is 2.51. The van der Waals surface area contributed by atoms with E-state index < -0.39 is 35.9 Å². The smallest absolute Gasteiger partial charge is 0.338 e. The van der Waals surface area contributed by atoms with Crippen LogP contribution in [0.15, 0.2) is 54.6 Å². The number of amides is 4. The first-order chi connectivity index (χ1) is 15.4. The number of anilines is 1. The Kier molecular flexibility index (Phi) is 7.25. The predicted molar refractivity (Wildman–Crippen MR) is 119 cm³/mol. The maximum absolute atomic E-state index is 13.1.